The predicted octanol–water partition coefficient (Wildman–Crippen LogP) is 5.37. The fraction of sp³-hybridized carbons (Fsp3) is 0.812. The fourth-order valence-corrected chi connectivity index (χ4v) is 3.54. The number of hydrogen-bond donors (Lipinski definition) is 0. The highest BCUT2D eigenvalue weighted by Crippen LogP contribution is 2.37. The van der Waals surface area contributed by atoms with E-state index in [1.165, 1.54) is 0 Å². The first-order valence-corrected chi connectivity index (χ1v) is 15.2. The number of hydrogen-bond acceptors (Lipinski definition) is 3. The van der Waals surface area contributed by atoms with Crippen molar-refractivity contribution in [2.24, 2.45) is 0 Å². The van der Waals surface area contributed by atoms with E-state index in [4.69, 9.17) is 20.8 Å². The van der Waals surface area contributed by atoms with Gasteiger partial charge >= 0.3 is 0 Å². The highest BCUT2D eigenvalue weighted by atomic mass is 35.5. The molecule has 7 heteroatoms. The van der Waals surface area contributed by atoms with E-state index in [9.17, 15) is 0 Å². The molecule has 0 saturated heterocycles. The first kappa shape index (κ1) is 20.9. The molecule has 134 valence electrons. The zero-order chi connectivity index (χ0) is 17.9. The van der Waals surface area contributed by atoms with Gasteiger partial charge in [-0.3, -0.25) is 0 Å². The molecular weight excluding hydrogens is 344 g/mol. The van der Waals surface area contributed by atoms with Gasteiger partial charge in [-0.05, 0) is 24.2 Å². The van der Waals surface area contributed by atoms with Gasteiger partial charge in [0.25, 0.3) is 0 Å². The molecule has 0 spiro atoms. The predicted molar refractivity (Wildman–Crippen MR) is 103 cm³/mol. The van der Waals surface area contributed by atoms with Gasteiger partial charge < -0.3 is 13.7 Å². The largest absolute Gasteiger partial charge is 0.411 e. The Bertz CT molecular complexity index is 505. The molecule has 0 aromatic carbocycles. The monoisotopic (exact) mass is 376 g/mol. The molecule has 0 amide bonds. The number of nitrogens with zero attached hydrogens (tertiary/aromatic N) is 2. The van der Waals surface area contributed by atoms with Crippen LogP contribution in [0.15, 0.2) is 6.33 Å². The molecule has 0 atom stereocenters. The summed E-state index contributed by atoms with van der Waals surface area (Å²) in [5.41, 5.74) is 0.907. The zero-order valence-corrected chi connectivity index (χ0v) is 18.8. The van der Waals surface area contributed by atoms with Crippen LogP contribution in [0.5, 0.6) is 0 Å². The van der Waals surface area contributed by atoms with Crippen LogP contribution in [0.25, 0.3) is 0 Å². The Hall–Kier alpha value is -0.146. The number of ether oxygens (including phenoxy) is 1. The lowest BCUT2D eigenvalue weighted by atomic mass is 10.2. The van der Waals surface area contributed by atoms with Crippen molar-refractivity contribution in [1.29, 1.82) is 0 Å². The van der Waals surface area contributed by atoms with Crippen LogP contribution >= 0.6 is 11.6 Å². The lowest BCUT2D eigenvalue weighted by molar-refractivity contribution is 0.0825. The van der Waals surface area contributed by atoms with E-state index in [1.54, 1.807) is 6.33 Å². The Morgan fingerprint density at radius 1 is 1.17 bits per heavy atom. The van der Waals surface area contributed by atoms with Gasteiger partial charge in [0.2, 0.25) is 0 Å². The lowest BCUT2D eigenvalue weighted by Crippen LogP contribution is -2.40. The Balaban J connectivity index is 2.62. The molecule has 1 aromatic heterocycles. The Morgan fingerprint density at radius 2 is 1.78 bits per heavy atom. The molecule has 4 nitrogen and oxygen atoms in total. The third kappa shape index (κ3) is 6.70. The Kier molecular flexibility index (Phi) is 7.11. The molecule has 0 N–H and O–H groups in total. The summed E-state index contributed by atoms with van der Waals surface area (Å²) >= 11 is 6.23. The molecule has 0 aliphatic heterocycles. The molecule has 23 heavy (non-hydrogen) atoms. The lowest BCUT2D eigenvalue weighted by Gasteiger charge is -2.36. The summed E-state index contributed by atoms with van der Waals surface area (Å²) in [6.45, 7) is 20.0. The average Bonchev–Trinajstić information content (AvgIpc) is 2.71. The van der Waals surface area contributed by atoms with Crippen LogP contribution in [0.1, 0.15) is 26.5 Å². The van der Waals surface area contributed by atoms with Crippen molar-refractivity contribution in [2.45, 2.75) is 77.9 Å². The summed E-state index contributed by atoms with van der Waals surface area (Å²) in [6, 6.07) is 1.16. The maximum Gasteiger partial charge on any atom is 0.192 e. The van der Waals surface area contributed by atoms with E-state index in [0.717, 1.165) is 18.3 Å². The Morgan fingerprint density at radius 3 is 2.30 bits per heavy atom. The summed E-state index contributed by atoms with van der Waals surface area (Å²) in [7, 11) is -2.86. The second-order valence-corrected chi connectivity index (χ2v) is 19.6. The van der Waals surface area contributed by atoms with E-state index in [2.05, 4.69) is 58.5 Å². The average molecular weight is 377 g/mol. The van der Waals surface area contributed by atoms with Crippen molar-refractivity contribution >= 4 is 28.0 Å². The first-order valence-electron chi connectivity index (χ1n) is 8.25. The molecule has 1 aromatic rings. The number of imidazole rings is 1. The quantitative estimate of drug-likeness (QED) is 0.452. The second kappa shape index (κ2) is 7.82. The van der Waals surface area contributed by atoms with E-state index in [1.807, 2.05) is 4.57 Å². The summed E-state index contributed by atoms with van der Waals surface area (Å²) in [6.07, 6.45) is 1.74. The molecule has 0 fully saturated rings. The first-order chi connectivity index (χ1) is 10.3. The van der Waals surface area contributed by atoms with Gasteiger partial charge in [-0.1, -0.05) is 52.0 Å². The highest BCUT2D eigenvalue weighted by Gasteiger charge is 2.37. The number of aromatic nitrogens is 2. The summed E-state index contributed by atoms with van der Waals surface area (Å²) < 4.78 is 14.0. The summed E-state index contributed by atoms with van der Waals surface area (Å²) in [5.74, 6) is 0. The minimum absolute atomic E-state index is 0.179. The molecule has 0 aliphatic rings. The Labute approximate surface area is 148 Å². The van der Waals surface area contributed by atoms with Crippen LogP contribution in [0.4, 0.5) is 0 Å². The van der Waals surface area contributed by atoms with Crippen molar-refractivity contribution in [2.75, 3.05) is 6.61 Å². The van der Waals surface area contributed by atoms with Gasteiger partial charge in [0.15, 0.2) is 13.5 Å². The maximum atomic E-state index is 6.27. The van der Waals surface area contributed by atoms with Crippen molar-refractivity contribution < 1.29 is 9.16 Å². The minimum atomic E-state index is -1.80. The molecule has 0 bridgehead atoms. The van der Waals surface area contributed by atoms with Gasteiger partial charge in [0.1, 0.15) is 6.73 Å². The van der Waals surface area contributed by atoms with Gasteiger partial charge in [-0.2, -0.15) is 0 Å². The molecule has 1 heterocycles. The molecule has 0 aliphatic carbocycles. The van der Waals surface area contributed by atoms with Crippen LogP contribution < -0.4 is 0 Å². The molecule has 0 unspecified atom stereocenters. The number of halogens is 1. The molecular formula is C16H33ClN2O2Si2. The van der Waals surface area contributed by atoms with Crippen molar-refractivity contribution in [1.82, 2.24) is 9.55 Å². The van der Waals surface area contributed by atoms with Gasteiger partial charge in [0, 0.05) is 14.7 Å². The van der Waals surface area contributed by atoms with Gasteiger partial charge in [0.05, 0.1) is 18.6 Å². The second-order valence-electron chi connectivity index (χ2n) is 8.85. The summed E-state index contributed by atoms with van der Waals surface area (Å²) in [4.78, 5) is 4.20. The van der Waals surface area contributed by atoms with Gasteiger partial charge in [-0.25, -0.2) is 4.98 Å². The minimum Gasteiger partial charge on any atom is -0.411 e. The van der Waals surface area contributed by atoms with E-state index >= 15 is 0 Å². The van der Waals surface area contributed by atoms with E-state index < -0.39 is 16.4 Å². The molecule has 0 radical (unpaired) electrons. The van der Waals surface area contributed by atoms with Crippen molar-refractivity contribution in [3.05, 3.63) is 17.2 Å². The maximum absolute atomic E-state index is 6.27. The zero-order valence-electron chi connectivity index (χ0n) is 16.0. The van der Waals surface area contributed by atoms with E-state index in [0.29, 0.717) is 18.5 Å². The van der Waals surface area contributed by atoms with Crippen LogP contribution in [-0.2, 0) is 22.5 Å². The normalized spacial score (nSPS) is 13.6. The van der Waals surface area contributed by atoms with Crippen LogP contribution in [0.3, 0.4) is 0 Å². The summed E-state index contributed by atoms with van der Waals surface area (Å²) in [5, 5.41) is 0.690. The van der Waals surface area contributed by atoms with E-state index in [-0.39, 0.29) is 5.04 Å². The third-order valence-corrected chi connectivity index (χ3v) is 11.0. The van der Waals surface area contributed by atoms with Crippen LogP contribution in [0, 0.1) is 0 Å². The topological polar surface area (TPSA) is 36.3 Å². The fourth-order valence-electron chi connectivity index (χ4n) is 1.64. The smallest absolute Gasteiger partial charge is 0.192 e. The number of rotatable bonds is 8. The third-order valence-electron chi connectivity index (χ3n) is 4.50. The van der Waals surface area contributed by atoms with Crippen molar-refractivity contribution in [3.8, 4) is 0 Å². The SMILES string of the molecule is CC(C)(C)[Si](C)(C)OCc1c(Cl)ncn1COCC[Si](C)(C)C. The standard InChI is InChI=1S/C16H33ClN2O2Si2/c1-16(2,3)23(7,8)21-11-14-15(17)18-12-19(14)13-20-9-10-22(4,5)6/h12H,9-11,13H2,1-8H3. The molecule has 1 rings (SSSR count). The van der Waals surface area contributed by atoms with Crippen molar-refractivity contribution in [3.63, 3.8) is 0 Å². The van der Waals surface area contributed by atoms with Crippen LogP contribution in [0.2, 0.25) is 49.0 Å². The molecule has 0 saturated carbocycles. The van der Waals surface area contributed by atoms with Crippen LogP contribution in [-0.4, -0.2) is 32.5 Å². The highest BCUT2D eigenvalue weighted by molar-refractivity contribution is 6.76. The van der Waals surface area contributed by atoms with Gasteiger partial charge in [-0.15, -0.1) is 0 Å².